The highest BCUT2D eigenvalue weighted by atomic mass is 15.2. The maximum atomic E-state index is 5.28. The molecule has 0 N–H and O–H groups in total. The van der Waals surface area contributed by atoms with Gasteiger partial charge in [-0.15, -0.1) is 0 Å². The lowest BCUT2D eigenvalue weighted by molar-refractivity contribution is 1.02. The summed E-state index contributed by atoms with van der Waals surface area (Å²) in [4.78, 5) is 5.28. The molecule has 0 amide bonds. The standard InChI is InChI=1S/C51H33N3/c1-4-15-35(16-5-1)48-45-33-44-42(26-25-41-31-40(27-28-43(41)44)39-24-23-34-14-10-11-21-38(34)30-39)32-46(45)54(50(48)37-19-8-3-9-20-37)51-49(36-17-6-2-7-18-36)52-47-22-12-13-29-53(47)51/h1-33H. The fourth-order valence-electron chi connectivity index (χ4n) is 8.37. The highest BCUT2D eigenvalue weighted by Crippen LogP contribution is 2.46. The second-order valence-electron chi connectivity index (χ2n) is 14.0. The normalized spacial score (nSPS) is 11.7. The average Bonchev–Trinajstić information content (AvgIpc) is 3.79. The predicted octanol–water partition coefficient (Wildman–Crippen LogP) is 13.4. The van der Waals surface area contributed by atoms with E-state index in [1.807, 2.05) is 0 Å². The SMILES string of the molecule is c1ccc(-c2nc3ccccn3c2-n2c(-c3ccccc3)c(-c3ccccc3)c3cc4c(ccc5cc(-c6ccc7ccccc7c6)ccc54)cc32)cc1. The first kappa shape index (κ1) is 30.4. The molecule has 252 valence electrons. The van der Waals surface area contributed by atoms with Crippen molar-refractivity contribution in [1.29, 1.82) is 0 Å². The van der Waals surface area contributed by atoms with E-state index in [9.17, 15) is 0 Å². The Morgan fingerprint density at radius 2 is 0.963 bits per heavy atom. The molecule has 0 aliphatic rings. The third kappa shape index (κ3) is 4.79. The van der Waals surface area contributed by atoms with Gasteiger partial charge in [-0.05, 0) is 91.0 Å². The van der Waals surface area contributed by atoms with E-state index >= 15 is 0 Å². The maximum absolute atomic E-state index is 5.28. The summed E-state index contributed by atoms with van der Waals surface area (Å²) in [6, 6.07) is 70.1. The summed E-state index contributed by atoms with van der Waals surface area (Å²) in [5.74, 6) is 1.02. The van der Waals surface area contributed by atoms with Crippen LogP contribution in [-0.4, -0.2) is 14.0 Å². The Labute approximate surface area is 312 Å². The summed E-state index contributed by atoms with van der Waals surface area (Å²) in [5.41, 5.74) is 11.2. The molecule has 0 bridgehead atoms. The Kier molecular flexibility index (Phi) is 6.86. The Bertz CT molecular complexity index is 3190. The minimum atomic E-state index is 0.905. The van der Waals surface area contributed by atoms with Crippen LogP contribution in [0.25, 0.3) is 99.5 Å². The van der Waals surface area contributed by atoms with Gasteiger partial charge < -0.3 is 0 Å². The van der Waals surface area contributed by atoms with Crippen molar-refractivity contribution in [3.8, 4) is 50.6 Å². The van der Waals surface area contributed by atoms with Gasteiger partial charge in [0.2, 0.25) is 0 Å². The van der Waals surface area contributed by atoms with Crippen molar-refractivity contribution in [3.05, 3.63) is 200 Å². The van der Waals surface area contributed by atoms with Crippen molar-refractivity contribution >= 4 is 48.9 Å². The number of hydrogen-bond donors (Lipinski definition) is 0. The van der Waals surface area contributed by atoms with E-state index in [4.69, 9.17) is 4.98 Å². The van der Waals surface area contributed by atoms with Gasteiger partial charge >= 0.3 is 0 Å². The van der Waals surface area contributed by atoms with Gasteiger partial charge in [-0.3, -0.25) is 8.97 Å². The zero-order valence-electron chi connectivity index (χ0n) is 29.4. The van der Waals surface area contributed by atoms with E-state index < -0.39 is 0 Å². The molecule has 3 heterocycles. The topological polar surface area (TPSA) is 22.2 Å². The second kappa shape index (κ2) is 12.2. The smallest absolute Gasteiger partial charge is 0.150 e. The van der Waals surface area contributed by atoms with Crippen LogP contribution in [0.15, 0.2) is 200 Å². The van der Waals surface area contributed by atoms with E-state index in [0.717, 1.165) is 39.5 Å². The van der Waals surface area contributed by atoms with Gasteiger partial charge in [-0.2, -0.15) is 0 Å². The molecule has 0 aliphatic carbocycles. The molecule has 0 saturated heterocycles. The Morgan fingerprint density at radius 1 is 0.370 bits per heavy atom. The zero-order valence-corrected chi connectivity index (χ0v) is 29.4. The largest absolute Gasteiger partial charge is 0.292 e. The molecule has 0 atom stereocenters. The van der Waals surface area contributed by atoms with Crippen molar-refractivity contribution in [2.75, 3.05) is 0 Å². The number of imidazole rings is 1. The van der Waals surface area contributed by atoms with Gasteiger partial charge in [0.15, 0.2) is 5.82 Å². The van der Waals surface area contributed by atoms with E-state index in [1.165, 1.54) is 60.0 Å². The summed E-state index contributed by atoms with van der Waals surface area (Å²) < 4.78 is 4.70. The first-order valence-electron chi connectivity index (χ1n) is 18.5. The number of nitrogens with zero attached hydrogens (tertiary/aromatic N) is 3. The van der Waals surface area contributed by atoms with E-state index in [-0.39, 0.29) is 0 Å². The number of fused-ring (bicyclic) bond motifs is 6. The van der Waals surface area contributed by atoms with Crippen LogP contribution in [0.5, 0.6) is 0 Å². The molecule has 11 rings (SSSR count). The van der Waals surface area contributed by atoms with Crippen LogP contribution in [0.1, 0.15) is 0 Å². The molecule has 0 fully saturated rings. The first-order chi connectivity index (χ1) is 26.8. The third-order valence-electron chi connectivity index (χ3n) is 10.9. The highest BCUT2D eigenvalue weighted by Gasteiger charge is 2.26. The lowest BCUT2D eigenvalue weighted by Gasteiger charge is -2.15. The number of hydrogen-bond acceptors (Lipinski definition) is 1. The molecule has 3 nitrogen and oxygen atoms in total. The summed E-state index contributed by atoms with van der Waals surface area (Å²) in [6.45, 7) is 0. The third-order valence-corrected chi connectivity index (χ3v) is 10.9. The molecule has 3 aromatic heterocycles. The van der Waals surface area contributed by atoms with Crippen LogP contribution in [0.4, 0.5) is 0 Å². The Morgan fingerprint density at radius 3 is 1.72 bits per heavy atom. The summed E-state index contributed by atoms with van der Waals surface area (Å²) >= 11 is 0. The number of aromatic nitrogens is 3. The van der Waals surface area contributed by atoms with E-state index in [0.29, 0.717) is 0 Å². The molecule has 0 radical (unpaired) electrons. The van der Waals surface area contributed by atoms with Crippen LogP contribution in [0, 0.1) is 0 Å². The quantitative estimate of drug-likeness (QED) is 0.165. The predicted molar refractivity (Wildman–Crippen MR) is 226 cm³/mol. The Hall–Kier alpha value is -7.23. The van der Waals surface area contributed by atoms with Crippen molar-refractivity contribution in [3.63, 3.8) is 0 Å². The van der Waals surface area contributed by atoms with Crippen molar-refractivity contribution in [2.24, 2.45) is 0 Å². The molecule has 0 saturated carbocycles. The molecule has 0 spiro atoms. The van der Waals surface area contributed by atoms with Crippen LogP contribution in [-0.2, 0) is 0 Å². The van der Waals surface area contributed by atoms with Gasteiger partial charge in [0, 0.05) is 22.7 Å². The number of pyridine rings is 1. The molecule has 3 heteroatoms. The van der Waals surface area contributed by atoms with Crippen LogP contribution in [0.2, 0.25) is 0 Å². The van der Waals surface area contributed by atoms with Gasteiger partial charge in [-0.25, -0.2) is 4.98 Å². The molecule has 0 unspecified atom stereocenters. The van der Waals surface area contributed by atoms with Gasteiger partial charge in [-0.1, -0.05) is 158 Å². The number of benzene rings is 8. The number of rotatable bonds is 5. The van der Waals surface area contributed by atoms with E-state index in [2.05, 4.69) is 209 Å². The molecule has 0 aliphatic heterocycles. The molecule has 54 heavy (non-hydrogen) atoms. The molecule has 8 aromatic carbocycles. The fourth-order valence-corrected chi connectivity index (χ4v) is 8.37. The lowest BCUT2D eigenvalue weighted by Crippen LogP contribution is -2.03. The van der Waals surface area contributed by atoms with Crippen LogP contribution < -0.4 is 0 Å². The Balaban J connectivity index is 1.24. The highest BCUT2D eigenvalue weighted by molar-refractivity contribution is 6.17. The zero-order chi connectivity index (χ0) is 35.6. The van der Waals surface area contributed by atoms with Gasteiger partial charge in [0.25, 0.3) is 0 Å². The maximum Gasteiger partial charge on any atom is 0.150 e. The monoisotopic (exact) mass is 687 g/mol. The average molecular weight is 688 g/mol. The summed E-state index contributed by atoms with van der Waals surface area (Å²) in [5, 5.41) is 8.61. The molecule has 11 aromatic rings. The van der Waals surface area contributed by atoms with Crippen molar-refractivity contribution < 1.29 is 0 Å². The van der Waals surface area contributed by atoms with Crippen molar-refractivity contribution in [1.82, 2.24) is 14.0 Å². The fraction of sp³-hybridized carbons (Fsp3) is 0. The minimum Gasteiger partial charge on any atom is -0.292 e. The first-order valence-corrected chi connectivity index (χ1v) is 18.5. The molecular formula is C51H33N3. The van der Waals surface area contributed by atoms with Crippen LogP contribution >= 0.6 is 0 Å². The second-order valence-corrected chi connectivity index (χ2v) is 14.0. The van der Waals surface area contributed by atoms with E-state index in [1.54, 1.807) is 0 Å². The summed E-state index contributed by atoms with van der Waals surface area (Å²) in [6.07, 6.45) is 2.13. The minimum absolute atomic E-state index is 0.905. The van der Waals surface area contributed by atoms with Crippen molar-refractivity contribution in [2.45, 2.75) is 0 Å². The van der Waals surface area contributed by atoms with Crippen LogP contribution in [0.3, 0.4) is 0 Å². The van der Waals surface area contributed by atoms with Gasteiger partial charge in [0.05, 0.1) is 11.2 Å². The summed E-state index contributed by atoms with van der Waals surface area (Å²) in [7, 11) is 0. The van der Waals surface area contributed by atoms with Gasteiger partial charge in [0.1, 0.15) is 11.3 Å². The lowest BCUT2D eigenvalue weighted by atomic mass is 9.94. The molecular weight excluding hydrogens is 655 g/mol.